The summed E-state index contributed by atoms with van der Waals surface area (Å²) >= 11 is 0. The van der Waals surface area contributed by atoms with Crippen LogP contribution >= 0.6 is 0 Å². The van der Waals surface area contributed by atoms with E-state index in [1.807, 2.05) is 16.6 Å². The lowest BCUT2D eigenvalue weighted by Gasteiger charge is -2.16. The number of carboxylic acid groups (broad SMARTS) is 1. The van der Waals surface area contributed by atoms with Crippen LogP contribution in [0.5, 0.6) is 0 Å². The number of carboxylic acids is 1. The normalized spacial score (nSPS) is 22.5. The molecule has 3 aliphatic carbocycles. The first kappa shape index (κ1) is 64.9. The summed E-state index contributed by atoms with van der Waals surface area (Å²) in [5.41, 5.74) is 9.94. The average Bonchev–Trinajstić information content (AvgIpc) is 2.08. The van der Waals surface area contributed by atoms with E-state index in [4.69, 9.17) is 15.9 Å². The van der Waals surface area contributed by atoms with Crippen LogP contribution in [0.3, 0.4) is 0 Å². The van der Waals surface area contributed by atoms with E-state index in [9.17, 15) is 24.0 Å². The number of likely N-dealkylation sites (tertiary alicyclic amines) is 3. The first-order chi connectivity index (χ1) is 42.3. The van der Waals surface area contributed by atoms with Crippen molar-refractivity contribution in [1.29, 1.82) is 0 Å². The number of nitrogens with zero attached hydrogens (tertiary/aromatic N) is 10. The SMILES string of the molecule is C.CC1CN(Cc2ccccc2)CC1c1nn2c(C3CCCC3)ncc2c(=O)[nH]1.CC1CN(Cc2ccccc2)CC1c1nnc(CN)c(=O)[nH]1.CC1CN(Cc2ccccc2)CC1c1nnc(CNC(=O)C2CCCC2)c(=O)[nH]1.O=C(O)C1CCCC1. The van der Waals surface area contributed by atoms with E-state index in [1.165, 1.54) is 29.5 Å². The van der Waals surface area contributed by atoms with Crippen molar-refractivity contribution in [3.8, 4) is 0 Å². The van der Waals surface area contributed by atoms with Gasteiger partial charge in [0.15, 0.2) is 5.52 Å². The summed E-state index contributed by atoms with van der Waals surface area (Å²) in [5.74, 6) is 4.84. The maximum Gasteiger partial charge on any atom is 0.306 e. The van der Waals surface area contributed by atoms with E-state index >= 15 is 0 Å². The highest BCUT2D eigenvalue weighted by Gasteiger charge is 2.36. The molecular weight excluding hydrogens is 1110 g/mol. The zero-order valence-electron chi connectivity index (χ0n) is 50.7. The fourth-order valence-electron chi connectivity index (χ4n) is 13.7. The molecule has 6 atom stereocenters. The Kier molecular flexibility index (Phi) is 22.9. The quantitative estimate of drug-likeness (QED) is 0.0563. The second-order valence-corrected chi connectivity index (χ2v) is 25.2. The topological polar surface area (TPSA) is 282 Å². The molecule has 3 aromatic carbocycles. The van der Waals surface area contributed by atoms with Gasteiger partial charge in [-0.2, -0.15) is 5.10 Å². The van der Waals surface area contributed by atoms with Crippen molar-refractivity contribution in [3.05, 3.63) is 180 Å². The van der Waals surface area contributed by atoms with Crippen molar-refractivity contribution in [2.75, 3.05) is 39.3 Å². The van der Waals surface area contributed by atoms with Gasteiger partial charge < -0.3 is 31.1 Å². The van der Waals surface area contributed by atoms with Gasteiger partial charge in [0.2, 0.25) is 5.91 Å². The standard InChI is InChI=1S/C22H29N5O2.C22H27N5O.C16H21N5O.C6H10O2.CH4/c1-15-12-27(13-16-7-3-2-4-8-16)14-18(15)20-24-22(29)19(25-26-20)11-23-21(28)17-9-5-6-10-17;1-15-12-26(13-16-7-3-2-4-8-16)14-18(15)20-24-22(28)19-11-23-21(27(19)25-20)17-9-5-6-10-17;1-11-8-21(9-12-5-3-2-4-6-12)10-13(11)15-18-16(22)14(7-17)19-20-15;7-6(8)5-3-1-2-4-5;/h2-4,7-8,15,17-18H,5-6,9-14H2,1H3,(H,23,28)(H,24,26,29);2-4,7-8,11,15,17-18H,5-6,9-10,12-14H2,1H3,(H,24,25,28);2-6,11,13H,7-10,17H2,1H3,(H,18,20,22);5H,1-4H2,(H,7,8);1H4. The second-order valence-electron chi connectivity index (χ2n) is 25.2. The highest BCUT2D eigenvalue weighted by molar-refractivity contribution is 5.78. The van der Waals surface area contributed by atoms with Crippen LogP contribution in [0.15, 0.2) is 112 Å². The first-order valence-electron chi connectivity index (χ1n) is 31.7. The lowest BCUT2D eigenvalue weighted by molar-refractivity contribution is -0.141. The molecule has 21 heteroatoms. The monoisotopic (exact) mass is 1200 g/mol. The fraction of sp³-hybridized carbons (Fsp3) is 0.537. The number of H-pyrrole nitrogens is 3. The predicted octanol–water partition coefficient (Wildman–Crippen LogP) is 8.27. The first-order valence-corrected chi connectivity index (χ1v) is 31.7. The number of fused-ring (bicyclic) bond motifs is 1. The molecule has 1 amide bonds. The number of hydrogen-bond acceptors (Lipinski definition) is 15. The van der Waals surface area contributed by atoms with Gasteiger partial charge in [-0.05, 0) is 73.0 Å². The molecule has 0 radical (unpaired) electrons. The molecule has 3 aliphatic heterocycles. The Hall–Kier alpha value is -7.59. The number of nitrogens with two attached hydrogens (primary N) is 1. The molecule has 21 nitrogen and oxygen atoms in total. The molecule has 0 bridgehead atoms. The molecule has 470 valence electrons. The number of aromatic amines is 3. The van der Waals surface area contributed by atoms with Gasteiger partial charge in [0.25, 0.3) is 16.7 Å². The zero-order chi connectivity index (χ0) is 60.8. The number of hydrogen-bond donors (Lipinski definition) is 6. The summed E-state index contributed by atoms with van der Waals surface area (Å²) in [6.07, 6.45) is 14.6. The summed E-state index contributed by atoms with van der Waals surface area (Å²) in [5, 5.41) is 32.7. The van der Waals surface area contributed by atoms with Crippen LogP contribution in [-0.4, -0.2) is 121 Å². The molecule has 13 rings (SSSR count). The van der Waals surface area contributed by atoms with Crippen molar-refractivity contribution >= 4 is 17.4 Å². The highest BCUT2D eigenvalue weighted by Crippen LogP contribution is 2.36. The van der Waals surface area contributed by atoms with Gasteiger partial charge in [-0.25, -0.2) is 9.50 Å². The van der Waals surface area contributed by atoms with Gasteiger partial charge in [-0.3, -0.25) is 38.7 Å². The van der Waals surface area contributed by atoms with E-state index in [0.29, 0.717) is 40.8 Å². The lowest BCUT2D eigenvalue weighted by Crippen LogP contribution is -2.33. The number of carbonyl (C=O) groups is 2. The number of aliphatic carboxylic acids is 1. The molecule has 7 N–H and O–H groups in total. The number of benzene rings is 3. The van der Waals surface area contributed by atoms with Crippen LogP contribution in [0.1, 0.15) is 180 Å². The molecule has 6 unspecified atom stereocenters. The van der Waals surface area contributed by atoms with E-state index in [-0.39, 0.29) is 84.1 Å². The van der Waals surface area contributed by atoms with Crippen molar-refractivity contribution in [2.24, 2.45) is 35.3 Å². The van der Waals surface area contributed by atoms with Crippen LogP contribution in [0, 0.1) is 29.6 Å². The van der Waals surface area contributed by atoms with Crippen molar-refractivity contribution in [3.63, 3.8) is 0 Å². The van der Waals surface area contributed by atoms with E-state index in [0.717, 1.165) is 135 Å². The van der Waals surface area contributed by atoms with Crippen molar-refractivity contribution in [1.82, 2.24) is 70.0 Å². The number of amides is 1. The predicted molar refractivity (Wildman–Crippen MR) is 339 cm³/mol. The molecular formula is C67H91N15O6. The molecule has 3 saturated heterocycles. The number of rotatable bonds is 15. The minimum Gasteiger partial charge on any atom is -0.481 e. The molecule has 6 fully saturated rings. The second kappa shape index (κ2) is 31.0. The number of carbonyl (C=O) groups excluding carboxylic acids is 1. The lowest BCUT2D eigenvalue weighted by atomic mass is 9.97. The third kappa shape index (κ3) is 16.8. The minimum atomic E-state index is -0.609. The summed E-state index contributed by atoms with van der Waals surface area (Å²) in [4.78, 5) is 80.0. The van der Waals surface area contributed by atoms with Crippen LogP contribution in [-0.2, 0) is 42.3 Å². The third-order valence-electron chi connectivity index (χ3n) is 18.6. The molecule has 7 aromatic rings. The fourth-order valence-corrected chi connectivity index (χ4v) is 13.7. The highest BCUT2D eigenvalue weighted by atomic mass is 16.4. The Morgan fingerprint density at radius 3 is 1.38 bits per heavy atom. The zero-order valence-corrected chi connectivity index (χ0v) is 50.7. The molecule has 3 saturated carbocycles. The van der Waals surface area contributed by atoms with Crippen LogP contribution in [0.2, 0.25) is 0 Å². The smallest absolute Gasteiger partial charge is 0.306 e. The Morgan fingerprint density at radius 1 is 0.545 bits per heavy atom. The Labute approximate surface area is 515 Å². The Bertz CT molecular complexity index is 3520. The minimum absolute atomic E-state index is 0. The van der Waals surface area contributed by atoms with Gasteiger partial charge in [0.1, 0.15) is 34.7 Å². The molecule has 7 heterocycles. The maximum absolute atomic E-state index is 12.7. The molecule has 4 aromatic heterocycles. The molecule has 0 spiro atoms. The number of imidazole rings is 1. The Balaban J connectivity index is 0.000000148. The van der Waals surface area contributed by atoms with Crippen molar-refractivity contribution in [2.45, 2.75) is 162 Å². The largest absolute Gasteiger partial charge is 0.481 e. The summed E-state index contributed by atoms with van der Waals surface area (Å²) < 4.78 is 1.83. The van der Waals surface area contributed by atoms with E-state index in [2.05, 4.69) is 160 Å². The summed E-state index contributed by atoms with van der Waals surface area (Å²) in [6.45, 7) is 15.2. The van der Waals surface area contributed by atoms with E-state index in [1.54, 1.807) is 6.20 Å². The summed E-state index contributed by atoms with van der Waals surface area (Å²) in [7, 11) is 0. The van der Waals surface area contributed by atoms with Crippen molar-refractivity contribution < 1.29 is 14.7 Å². The number of nitrogens with one attached hydrogen (secondary N) is 4. The van der Waals surface area contributed by atoms with Gasteiger partial charge in [0, 0.05) is 95.0 Å². The number of aromatic nitrogens is 10. The van der Waals surface area contributed by atoms with Gasteiger partial charge in [0.05, 0.1) is 18.7 Å². The van der Waals surface area contributed by atoms with Gasteiger partial charge in [-0.15, -0.1) is 20.4 Å². The molecule has 6 aliphatic rings. The average molecular weight is 1200 g/mol. The van der Waals surface area contributed by atoms with Gasteiger partial charge in [-0.1, -0.05) is 158 Å². The van der Waals surface area contributed by atoms with Crippen LogP contribution < -0.4 is 27.7 Å². The summed E-state index contributed by atoms with van der Waals surface area (Å²) in [6, 6.07) is 31.4. The maximum atomic E-state index is 12.7. The Morgan fingerprint density at radius 2 is 0.955 bits per heavy atom. The third-order valence-corrected chi connectivity index (χ3v) is 18.6. The van der Waals surface area contributed by atoms with Crippen LogP contribution in [0.4, 0.5) is 0 Å². The van der Waals surface area contributed by atoms with Crippen LogP contribution in [0.25, 0.3) is 5.52 Å². The van der Waals surface area contributed by atoms with Gasteiger partial charge >= 0.3 is 5.97 Å². The molecule has 88 heavy (non-hydrogen) atoms. The van der Waals surface area contributed by atoms with E-state index < -0.39 is 5.97 Å².